The Morgan fingerprint density at radius 3 is 2.50 bits per heavy atom. The lowest BCUT2D eigenvalue weighted by Crippen LogP contribution is -2.51. The molecule has 0 bridgehead atoms. The standard InChI is InChI=1S/C16H25F3N6O2S/c1-20-15(21-11-13-5-4-6-14(22-13)24(2)3)23-12-7-9-25(10-8-12)28(26,27)16(17,18)19/h4-6,12H,7-11H2,1-3H3,(H2,20,21,23). The summed E-state index contributed by atoms with van der Waals surface area (Å²) < 4.78 is 61.3. The van der Waals surface area contributed by atoms with Crippen molar-refractivity contribution in [1.29, 1.82) is 0 Å². The van der Waals surface area contributed by atoms with Gasteiger partial charge in [-0.25, -0.2) is 13.4 Å². The average molecular weight is 422 g/mol. The van der Waals surface area contributed by atoms with Crippen LogP contribution >= 0.6 is 0 Å². The van der Waals surface area contributed by atoms with Gasteiger partial charge in [0.2, 0.25) is 0 Å². The van der Waals surface area contributed by atoms with Crippen LogP contribution in [0.25, 0.3) is 0 Å². The minimum Gasteiger partial charge on any atom is -0.363 e. The molecule has 1 saturated heterocycles. The lowest BCUT2D eigenvalue weighted by atomic mass is 10.1. The largest absolute Gasteiger partial charge is 0.511 e. The highest BCUT2D eigenvalue weighted by Crippen LogP contribution is 2.28. The van der Waals surface area contributed by atoms with Crippen LogP contribution in [0.3, 0.4) is 0 Å². The van der Waals surface area contributed by atoms with Crippen molar-refractivity contribution in [2.24, 2.45) is 4.99 Å². The first-order valence-corrected chi connectivity index (χ1v) is 10.2. The average Bonchev–Trinajstić information content (AvgIpc) is 2.64. The summed E-state index contributed by atoms with van der Waals surface area (Å²) in [5.41, 5.74) is -4.46. The minimum atomic E-state index is -5.27. The number of sulfonamides is 1. The predicted molar refractivity (Wildman–Crippen MR) is 101 cm³/mol. The minimum absolute atomic E-state index is 0.174. The van der Waals surface area contributed by atoms with E-state index in [1.165, 1.54) is 0 Å². The number of guanidine groups is 1. The van der Waals surface area contributed by atoms with Crippen molar-refractivity contribution in [3.05, 3.63) is 23.9 Å². The second kappa shape index (κ2) is 8.95. The van der Waals surface area contributed by atoms with Gasteiger partial charge in [0.1, 0.15) is 5.82 Å². The predicted octanol–water partition coefficient (Wildman–Crippen LogP) is 1.13. The van der Waals surface area contributed by atoms with Crippen LogP contribution in [0, 0.1) is 0 Å². The number of hydrogen-bond acceptors (Lipinski definition) is 5. The molecule has 0 spiro atoms. The van der Waals surface area contributed by atoms with Crippen molar-refractivity contribution < 1.29 is 21.6 Å². The number of rotatable bonds is 5. The molecule has 0 saturated carbocycles. The summed E-state index contributed by atoms with van der Waals surface area (Å²) in [6.45, 7) is 0.0362. The van der Waals surface area contributed by atoms with E-state index in [4.69, 9.17) is 0 Å². The quantitative estimate of drug-likeness (QED) is 0.546. The third-order valence-corrected chi connectivity index (χ3v) is 5.97. The zero-order chi connectivity index (χ0) is 20.9. The van der Waals surface area contributed by atoms with E-state index in [-0.39, 0.29) is 32.0 Å². The highest BCUT2D eigenvalue weighted by Gasteiger charge is 2.50. The Morgan fingerprint density at radius 1 is 1.32 bits per heavy atom. The topological polar surface area (TPSA) is 89.9 Å². The Hall–Kier alpha value is -2.08. The first-order chi connectivity index (χ1) is 13.0. The summed E-state index contributed by atoms with van der Waals surface area (Å²) in [6.07, 6.45) is 0.509. The number of piperidine rings is 1. The number of anilines is 1. The van der Waals surface area contributed by atoms with Gasteiger partial charge in [-0.3, -0.25) is 4.99 Å². The SMILES string of the molecule is CN=C(NCc1cccc(N(C)C)n1)NC1CCN(S(=O)(=O)C(F)(F)F)CC1. The van der Waals surface area contributed by atoms with Crippen LogP contribution in [0.15, 0.2) is 23.2 Å². The molecule has 1 aliphatic rings. The number of aromatic nitrogens is 1. The van der Waals surface area contributed by atoms with E-state index in [9.17, 15) is 21.6 Å². The van der Waals surface area contributed by atoms with Crippen LogP contribution in [0.1, 0.15) is 18.5 Å². The number of hydrogen-bond donors (Lipinski definition) is 2. The van der Waals surface area contributed by atoms with Crippen molar-refractivity contribution in [2.75, 3.05) is 39.1 Å². The molecule has 0 atom stereocenters. The molecule has 0 radical (unpaired) electrons. The molecule has 2 rings (SSSR count). The Balaban J connectivity index is 1.87. The fourth-order valence-corrected chi connectivity index (χ4v) is 3.75. The Morgan fingerprint density at radius 2 is 1.96 bits per heavy atom. The van der Waals surface area contributed by atoms with Crippen LogP contribution in [-0.4, -0.2) is 69.4 Å². The number of pyridine rings is 1. The molecule has 0 aromatic carbocycles. The zero-order valence-corrected chi connectivity index (χ0v) is 16.8. The maximum Gasteiger partial charge on any atom is 0.511 e. The van der Waals surface area contributed by atoms with Crippen molar-refractivity contribution in [3.63, 3.8) is 0 Å². The van der Waals surface area contributed by atoms with E-state index in [1.807, 2.05) is 37.2 Å². The van der Waals surface area contributed by atoms with Crippen molar-refractivity contribution in [2.45, 2.75) is 30.9 Å². The van der Waals surface area contributed by atoms with E-state index in [1.54, 1.807) is 7.05 Å². The van der Waals surface area contributed by atoms with Gasteiger partial charge in [-0.2, -0.15) is 17.5 Å². The monoisotopic (exact) mass is 422 g/mol. The van der Waals surface area contributed by atoms with Gasteiger partial charge < -0.3 is 15.5 Å². The van der Waals surface area contributed by atoms with Gasteiger partial charge in [0.25, 0.3) is 0 Å². The smallest absolute Gasteiger partial charge is 0.363 e. The Bertz CT molecular complexity index is 790. The Labute approximate surface area is 162 Å². The van der Waals surface area contributed by atoms with Crippen LogP contribution < -0.4 is 15.5 Å². The van der Waals surface area contributed by atoms with E-state index in [0.717, 1.165) is 11.5 Å². The van der Waals surface area contributed by atoms with E-state index >= 15 is 0 Å². The number of alkyl halides is 3. The van der Waals surface area contributed by atoms with Gasteiger partial charge >= 0.3 is 15.5 Å². The van der Waals surface area contributed by atoms with Crippen molar-refractivity contribution >= 4 is 21.8 Å². The van der Waals surface area contributed by atoms with Gasteiger partial charge in [0.15, 0.2) is 5.96 Å². The van der Waals surface area contributed by atoms with Crippen LogP contribution in [0.4, 0.5) is 19.0 Å². The molecule has 1 fully saturated rings. The third kappa shape index (κ3) is 5.47. The molecule has 28 heavy (non-hydrogen) atoms. The summed E-state index contributed by atoms with van der Waals surface area (Å²) in [4.78, 5) is 10.5. The Kier molecular flexibility index (Phi) is 7.10. The zero-order valence-electron chi connectivity index (χ0n) is 16.0. The molecule has 12 heteroatoms. The van der Waals surface area contributed by atoms with E-state index in [0.29, 0.717) is 16.8 Å². The number of nitrogens with one attached hydrogen (secondary N) is 2. The molecule has 0 amide bonds. The van der Waals surface area contributed by atoms with Gasteiger partial charge in [-0.1, -0.05) is 6.07 Å². The maximum atomic E-state index is 12.6. The molecule has 1 aromatic rings. The fraction of sp³-hybridized carbons (Fsp3) is 0.625. The van der Waals surface area contributed by atoms with Gasteiger partial charge in [-0.05, 0) is 25.0 Å². The molecule has 2 heterocycles. The fourth-order valence-electron chi connectivity index (χ4n) is 2.76. The normalized spacial score (nSPS) is 17.4. The summed E-state index contributed by atoms with van der Waals surface area (Å²) >= 11 is 0. The molecular weight excluding hydrogens is 397 g/mol. The van der Waals surface area contributed by atoms with E-state index < -0.39 is 15.5 Å². The van der Waals surface area contributed by atoms with Gasteiger partial charge in [0.05, 0.1) is 12.2 Å². The van der Waals surface area contributed by atoms with Crippen LogP contribution in [0.5, 0.6) is 0 Å². The maximum absolute atomic E-state index is 12.6. The van der Waals surface area contributed by atoms with Crippen LogP contribution in [0.2, 0.25) is 0 Å². The molecule has 158 valence electrons. The summed E-state index contributed by atoms with van der Waals surface area (Å²) in [7, 11) is 0.107. The van der Waals surface area contributed by atoms with E-state index in [2.05, 4.69) is 20.6 Å². The molecule has 1 aromatic heterocycles. The molecular formula is C16H25F3N6O2S. The second-order valence-electron chi connectivity index (χ2n) is 6.58. The molecule has 0 unspecified atom stereocenters. The summed E-state index contributed by atoms with van der Waals surface area (Å²) in [5, 5.41) is 6.23. The highest BCUT2D eigenvalue weighted by atomic mass is 32.2. The first-order valence-electron chi connectivity index (χ1n) is 8.71. The third-order valence-electron chi connectivity index (χ3n) is 4.34. The lowest BCUT2D eigenvalue weighted by molar-refractivity contribution is -0.0494. The molecule has 0 aliphatic carbocycles. The van der Waals surface area contributed by atoms with Crippen molar-refractivity contribution in [3.8, 4) is 0 Å². The number of aliphatic imine (C=N–C) groups is 1. The number of nitrogens with zero attached hydrogens (tertiary/aromatic N) is 4. The highest BCUT2D eigenvalue weighted by molar-refractivity contribution is 7.90. The molecule has 1 aliphatic heterocycles. The molecule has 8 nitrogen and oxygen atoms in total. The lowest BCUT2D eigenvalue weighted by Gasteiger charge is -2.32. The summed E-state index contributed by atoms with van der Waals surface area (Å²) in [6, 6.07) is 5.48. The molecule has 2 N–H and O–H groups in total. The van der Waals surface area contributed by atoms with Gasteiger partial charge in [0, 0.05) is 40.3 Å². The van der Waals surface area contributed by atoms with Gasteiger partial charge in [-0.15, -0.1) is 0 Å². The summed E-state index contributed by atoms with van der Waals surface area (Å²) in [5.74, 6) is 1.30. The van der Waals surface area contributed by atoms with Crippen molar-refractivity contribution in [1.82, 2.24) is 19.9 Å². The first kappa shape index (κ1) is 22.2. The van der Waals surface area contributed by atoms with Crippen LogP contribution in [-0.2, 0) is 16.6 Å². The second-order valence-corrected chi connectivity index (χ2v) is 8.51. The number of halogens is 3.